The molecule has 0 radical (unpaired) electrons. The summed E-state index contributed by atoms with van der Waals surface area (Å²) in [4.78, 5) is 33.0. The monoisotopic (exact) mass is 421 g/mol. The van der Waals surface area contributed by atoms with Crippen LogP contribution in [0.2, 0.25) is 0 Å². The molecule has 7 heteroatoms. The van der Waals surface area contributed by atoms with Crippen LogP contribution in [0.25, 0.3) is 21.3 Å². The van der Waals surface area contributed by atoms with Crippen LogP contribution in [0.4, 0.5) is 5.69 Å². The summed E-state index contributed by atoms with van der Waals surface area (Å²) in [7, 11) is 0. The number of aromatic nitrogens is 2. The van der Waals surface area contributed by atoms with Crippen molar-refractivity contribution in [3.05, 3.63) is 75.4 Å². The smallest absolute Gasteiger partial charge is 0.260 e. The lowest BCUT2D eigenvalue weighted by molar-refractivity contribution is -0.113. The van der Waals surface area contributed by atoms with Crippen molar-refractivity contribution >= 4 is 44.9 Å². The van der Waals surface area contributed by atoms with Gasteiger partial charge < -0.3 is 10.3 Å². The molecular weight excluding hydrogens is 402 g/mol. The number of hydrogen-bond donors (Lipinski definition) is 2. The first-order valence-corrected chi connectivity index (χ1v) is 10.9. The Balaban J connectivity index is 1.50. The van der Waals surface area contributed by atoms with Crippen LogP contribution in [0.3, 0.4) is 0 Å². The Morgan fingerprint density at radius 2 is 1.97 bits per heavy atom. The van der Waals surface area contributed by atoms with E-state index in [1.54, 1.807) is 0 Å². The number of anilines is 1. The van der Waals surface area contributed by atoms with E-state index >= 15 is 0 Å². The highest BCUT2D eigenvalue weighted by molar-refractivity contribution is 7.99. The summed E-state index contributed by atoms with van der Waals surface area (Å²) in [5.74, 6) is 0.0273. The lowest BCUT2D eigenvalue weighted by atomic mass is 10.1. The molecule has 1 amide bonds. The maximum Gasteiger partial charge on any atom is 0.260 e. The van der Waals surface area contributed by atoms with Crippen molar-refractivity contribution in [2.45, 2.75) is 19.0 Å². The highest BCUT2D eigenvalue weighted by atomic mass is 32.2. The van der Waals surface area contributed by atoms with Crippen molar-refractivity contribution in [1.29, 1.82) is 0 Å². The number of fused-ring (bicyclic) bond motifs is 1. The number of thioether (sulfide) groups is 1. The minimum absolute atomic E-state index is 0.138. The van der Waals surface area contributed by atoms with Crippen molar-refractivity contribution in [3.8, 4) is 11.1 Å². The maximum atomic E-state index is 12.7. The Morgan fingerprint density at radius 1 is 1.17 bits per heavy atom. The topological polar surface area (TPSA) is 74.8 Å². The van der Waals surface area contributed by atoms with Gasteiger partial charge in [0.05, 0.1) is 11.1 Å². The number of H-pyrrole nitrogens is 1. The van der Waals surface area contributed by atoms with Crippen molar-refractivity contribution in [2.24, 2.45) is 0 Å². The van der Waals surface area contributed by atoms with E-state index in [0.717, 1.165) is 27.9 Å². The van der Waals surface area contributed by atoms with Gasteiger partial charge in [0.25, 0.3) is 5.56 Å². The molecule has 0 aliphatic rings. The van der Waals surface area contributed by atoms with Gasteiger partial charge >= 0.3 is 0 Å². The summed E-state index contributed by atoms with van der Waals surface area (Å²) in [6.07, 6.45) is 0. The van der Waals surface area contributed by atoms with Gasteiger partial charge in [-0.05, 0) is 31.0 Å². The first-order valence-electron chi connectivity index (χ1n) is 9.08. The molecular formula is C22H19N3O2S2. The van der Waals surface area contributed by atoms with Crippen molar-refractivity contribution in [3.63, 3.8) is 0 Å². The molecule has 29 heavy (non-hydrogen) atoms. The summed E-state index contributed by atoms with van der Waals surface area (Å²) >= 11 is 2.65. The number of benzene rings is 2. The van der Waals surface area contributed by atoms with E-state index in [1.165, 1.54) is 23.1 Å². The van der Waals surface area contributed by atoms with E-state index in [0.29, 0.717) is 15.4 Å². The first-order chi connectivity index (χ1) is 14.0. The second kappa shape index (κ2) is 8.23. The van der Waals surface area contributed by atoms with Gasteiger partial charge in [0, 0.05) is 16.6 Å². The van der Waals surface area contributed by atoms with Gasteiger partial charge in [0.2, 0.25) is 5.91 Å². The fourth-order valence-electron chi connectivity index (χ4n) is 3.10. The van der Waals surface area contributed by atoms with Crippen LogP contribution in [-0.2, 0) is 4.79 Å². The van der Waals surface area contributed by atoms with Crippen LogP contribution in [0, 0.1) is 13.8 Å². The standard InChI is InChI=1S/C22H19N3O2S2/c1-13-8-9-17(14(2)10-13)23-18(26)12-29-22-24-20(27)19-16(11-28-21(19)25-22)15-6-4-3-5-7-15/h3-11H,12H2,1-2H3,(H,23,26)(H,24,25,27). The number of thiophene rings is 1. The lowest BCUT2D eigenvalue weighted by Crippen LogP contribution is -2.16. The van der Waals surface area contributed by atoms with Crippen molar-refractivity contribution in [2.75, 3.05) is 11.1 Å². The molecule has 146 valence electrons. The molecule has 0 aliphatic carbocycles. The Labute approximate surface area is 176 Å². The van der Waals surface area contributed by atoms with Gasteiger partial charge in [-0.25, -0.2) is 4.98 Å². The third kappa shape index (κ3) is 4.26. The zero-order valence-electron chi connectivity index (χ0n) is 16.0. The fourth-order valence-corrected chi connectivity index (χ4v) is 4.77. The Bertz CT molecular complexity index is 1250. The molecule has 0 saturated carbocycles. The number of rotatable bonds is 5. The molecule has 2 aromatic carbocycles. The van der Waals surface area contributed by atoms with Gasteiger partial charge in [-0.15, -0.1) is 11.3 Å². The third-order valence-electron chi connectivity index (χ3n) is 4.50. The van der Waals surface area contributed by atoms with E-state index in [-0.39, 0.29) is 17.2 Å². The normalized spacial score (nSPS) is 11.0. The molecule has 0 spiro atoms. The van der Waals surface area contributed by atoms with Crippen molar-refractivity contribution in [1.82, 2.24) is 9.97 Å². The zero-order chi connectivity index (χ0) is 20.4. The van der Waals surface area contributed by atoms with Gasteiger partial charge in [-0.1, -0.05) is 59.8 Å². The minimum Gasteiger partial charge on any atom is -0.325 e. The number of hydrogen-bond acceptors (Lipinski definition) is 5. The maximum absolute atomic E-state index is 12.7. The summed E-state index contributed by atoms with van der Waals surface area (Å²) in [6, 6.07) is 15.7. The third-order valence-corrected chi connectivity index (χ3v) is 6.25. The quantitative estimate of drug-likeness (QED) is 0.351. The number of aromatic amines is 1. The first kappa shape index (κ1) is 19.4. The Hall–Kier alpha value is -2.90. The Kier molecular flexibility index (Phi) is 5.51. The molecule has 0 saturated heterocycles. The molecule has 2 N–H and O–H groups in total. The molecule has 0 aliphatic heterocycles. The van der Waals surface area contributed by atoms with E-state index in [2.05, 4.69) is 15.3 Å². The molecule has 2 heterocycles. The average molecular weight is 422 g/mol. The van der Waals surface area contributed by atoms with E-state index in [4.69, 9.17) is 0 Å². The SMILES string of the molecule is Cc1ccc(NC(=O)CSc2nc3scc(-c4ccccc4)c3c(=O)[nH]2)c(C)c1. The predicted octanol–water partition coefficient (Wildman–Crippen LogP) is 5.00. The highest BCUT2D eigenvalue weighted by Crippen LogP contribution is 2.31. The van der Waals surface area contributed by atoms with Crippen LogP contribution in [-0.4, -0.2) is 21.6 Å². The van der Waals surface area contributed by atoms with E-state index in [9.17, 15) is 9.59 Å². The molecule has 0 unspecified atom stereocenters. The molecule has 4 rings (SSSR count). The number of amides is 1. The van der Waals surface area contributed by atoms with Crippen LogP contribution >= 0.6 is 23.1 Å². The summed E-state index contributed by atoms with van der Waals surface area (Å²) in [6.45, 7) is 3.98. The Morgan fingerprint density at radius 3 is 2.72 bits per heavy atom. The molecule has 4 aromatic rings. The van der Waals surface area contributed by atoms with E-state index in [1.807, 2.05) is 67.8 Å². The van der Waals surface area contributed by atoms with Gasteiger partial charge in [-0.3, -0.25) is 9.59 Å². The number of carbonyl (C=O) groups is 1. The van der Waals surface area contributed by atoms with Crippen LogP contribution in [0.15, 0.2) is 63.9 Å². The zero-order valence-corrected chi connectivity index (χ0v) is 17.6. The lowest BCUT2D eigenvalue weighted by Gasteiger charge is -2.09. The van der Waals surface area contributed by atoms with Crippen molar-refractivity contribution < 1.29 is 4.79 Å². The number of nitrogens with one attached hydrogen (secondary N) is 2. The molecule has 5 nitrogen and oxygen atoms in total. The average Bonchev–Trinajstić information content (AvgIpc) is 3.14. The number of carbonyl (C=O) groups excluding carboxylic acids is 1. The fraction of sp³-hybridized carbons (Fsp3) is 0.136. The van der Waals surface area contributed by atoms with Crippen LogP contribution < -0.4 is 10.9 Å². The molecule has 0 atom stereocenters. The molecule has 2 aromatic heterocycles. The number of nitrogens with zero attached hydrogens (tertiary/aromatic N) is 1. The predicted molar refractivity (Wildman–Crippen MR) is 121 cm³/mol. The van der Waals surface area contributed by atoms with Gasteiger partial charge in [0.15, 0.2) is 5.16 Å². The van der Waals surface area contributed by atoms with E-state index < -0.39 is 0 Å². The largest absolute Gasteiger partial charge is 0.325 e. The van der Waals surface area contributed by atoms with Gasteiger partial charge in [0.1, 0.15) is 4.83 Å². The second-order valence-corrected chi connectivity index (χ2v) is 8.54. The minimum atomic E-state index is -0.188. The molecule has 0 bridgehead atoms. The van der Waals surface area contributed by atoms with Gasteiger partial charge in [-0.2, -0.15) is 0 Å². The van der Waals surface area contributed by atoms with Crippen LogP contribution in [0.5, 0.6) is 0 Å². The van der Waals surface area contributed by atoms with Crippen LogP contribution in [0.1, 0.15) is 11.1 Å². The summed E-state index contributed by atoms with van der Waals surface area (Å²) < 4.78 is 0. The number of aryl methyl sites for hydroxylation is 2. The summed E-state index contributed by atoms with van der Waals surface area (Å²) in [5.41, 5.74) is 4.64. The molecule has 0 fully saturated rings. The summed E-state index contributed by atoms with van der Waals surface area (Å²) in [5, 5.41) is 5.89. The second-order valence-electron chi connectivity index (χ2n) is 6.72. The highest BCUT2D eigenvalue weighted by Gasteiger charge is 2.14.